The lowest BCUT2D eigenvalue weighted by Gasteiger charge is -2.00. The Hall–Kier alpha value is -2.49. The highest BCUT2D eigenvalue weighted by Gasteiger charge is 2.10. The van der Waals surface area contributed by atoms with Crippen molar-refractivity contribution in [3.05, 3.63) is 69.5 Å². The van der Waals surface area contributed by atoms with Crippen LogP contribution in [-0.2, 0) is 0 Å². The summed E-state index contributed by atoms with van der Waals surface area (Å²) in [6, 6.07) is 19.5. The van der Waals surface area contributed by atoms with E-state index in [0.717, 1.165) is 21.4 Å². The van der Waals surface area contributed by atoms with Crippen molar-refractivity contribution in [2.45, 2.75) is 0 Å². The maximum Gasteiger partial charge on any atom is 0.196 e. The van der Waals surface area contributed by atoms with E-state index in [1.165, 1.54) is 11.3 Å². The van der Waals surface area contributed by atoms with E-state index in [9.17, 15) is 5.26 Å². The monoisotopic (exact) mass is 382 g/mol. The molecule has 0 unspecified atom stereocenters. The summed E-state index contributed by atoms with van der Waals surface area (Å²) in [5.41, 5.74) is 5.82. The molecule has 0 radical (unpaired) electrons. The maximum absolute atomic E-state index is 9.32. The third-order valence-corrected chi connectivity index (χ3v) is 4.40. The van der Waals surface area contributed by atoms with Crippen molar-refractivity contribution in [3.8, 4) is 17.3 Å². The minimum absolute atomic E-state index is 0.264. The number of thiazole rings is 1. The van der Waals surface area contributed by atoms with E-state index in [4.69, 9.17) is 0 Å². The zero-order valence-corrected chi connectivity index (χ0v) is 14.3. The number of benzene rings is 2. The fraction of sp³-hybridized carbons (Fsp3) is 0. The Morgan fingerprint density at radius 2 is 1.87 bits per heavy atom. The highest BCUT2D eigenvalue weighted by molar-refractivity contribution is 9.10. The zero-order chi connectivity index (χ0) is 16.1. The number of nitriles is 1. The standard InChI is InChI=1S/C17H11BrN4S/c18-13-6-8-14(9-7-13)21-22-15(10-19)17-20-16(11-23-17)12-4-2-1-3-5-12/h1-9,11,21H/b22-15-. The van der Waals surface area contributed by atoms with E-state index in [2.05, 4.69) is 37.5 Å². The molecule has 23 heavy (non-hydrogen) atoms. The van der Waals surface area contributed by atoms with E-state index in [-0.39, 0.29) is 5.71 Å². The molecule has 1 aromatic heterocycles. The molecule has 1 heterocycles. The Morgan fingerprint density at radius 3 is 2.57 bits per heavy atom. The Kier molecular flexibility index (Phi) is 4.81. The van der Waals surface area contributed by atoms with Crippen molar-refractivity contribution in [2.24, 2.45) is 5.10 Å². The summed E-state index contributed by atoms with van der Waals surface area (Å²) in [5.74, 6) is 0. The molecule has 3 aromatic rings. The van der Waals surface area contributed by atoms with Crippen molar-refractivity contribution < 1.29 is 0 Å². The van der Waals surface area contributed by atoms with Gasteiger partial charge in [-0.3, -0.25) is 5.43 Å². The molecule has 0 aliphatic heterocycles. The second-order valence-corrected chi connectivity index (χ2v) is 6.37. The van der Waals surface area contributed by atoms with Crippen LogP contribution in [0.1, 0.15) is 5.01 Å². The molecule has 3 rings (SSSR count). The van der Waals surface area contributed by atoms with Gasteiger partial charge in [-0.25, -0.2) is 4.98 Å². The molecule has 1 N–H and O–H groups in total. The van der Waals surface area contributed by atoms with Gasteiger partial charge in [0.25, 0.3) is 0 Å². The number of anilines is 1. The molecule has 0 aliphatic rings. The number of hydrazone groups is 1. The van der Waals surface area contributed by atoms with Gasteiger partial charge in [0.05, 0.1) is 11.4 Å². The Balaban J connectivity index is 1.81. The van der Waals surface area contributed by atoms with Crippen LogP contribution >= 0.6 is 27.3 Å². The van der Waals surface area contributed by atoms with Crippen LogP contribution in [0.3, 0.4) is 0 Å². The van der Waals surface area contributed by atoms with Crippen LogP contribution in [0.5, 0.6) is 0 Å². The Labute approximate surface area is 146 Å². The summed E-state index contributed by atoms with van der Waals surface area (Å²) < 4.78 is 0.986. The Morgan fingerprint density at radius 1 is 1.13 bits per heavy atom. The number of halogens is 1. The van der Waals surface area contributed by atoms with Crippen LogP contribution in [0.4, 0.5) is 5.69 Å². The van der Waals surface area contributed by atoms with E-state index in [1.807, 2.05) is 60.0 Å². The van der Waals surface area contributed by atoms with E-state index in [0.29, 0.717) is 5.01 Å². The first-order valence-corrected chi connectivity index (χ1v) is 8.44. The van der Waals surface area contributed by atoms with Crippen LogP contribution in [0.25, 0.3) is 11.3 Å². The van der Waals surface area contributed by atoms with Crippen LogP contribution in [-0.4, -0.2) is 10.7 Å². The van der Waals surface area contributed by atoms with Gasteiger partial charge in [-0.05, 0) is 24.3 Å². The van der Waals surface area contributed by atoms with Crippen molar-refractivity contribution in [1.29, 1.82) is 5.26 Å². The highest BCUT2D eigenvalue weighted by atomic mass is 79.9. The molecule has 0 saturated heterocycles. The first-order valence-electron chi connectivity index (χ1n) is 6.77. The second-order valence-electron chi connectivity index (χ2n) is 4.59. The first-order chi connectivity index (χ1) is 11.3. The van der Waals surface area contributed by atoms with E-state index < -0.39 is 0 Å². The van der Waals surface area contributed by atoms with Gasteiger partial charge in [-0.15, -0.1) is 11.3 Å². The molecule has 0 atom stereocenters. The third kappa shape index (κ3) is 3.83. The lowest BCUT2D eigenvalue weighted by Crippen LogP contribution is -2.01. The summed E-state index contributed by atoms with van der Waals surface area (Å²) in [7, 11) is 0. The molecule has 0 bridgehead atoms. The zero-order valence-electron chi connectivity index (χ0n) is 11.9. The fourth-order valence-electron chi connectivity index (χ4n) is 1.89. The smallest absolute Gasteiger partial charge is 0.196 e. The summed E-state index contributed by atoms with van der Waals surface area (Å²) in [5, 5.41) is 16.0. The molecule has 4 nitrogen and oxygen atoms in total. The fourth-order valence-corrected chi connectivity index (χ4v) is 2.92. The molecule has 0 amide bonds. The topological polar surface area (TPSA) is 61.1 Å². The molecule has 6 heteroatoms. The summed E-state index contributed by atoms with van der Waals surface area (Å²) in [6.45, 7) is 0. The van der Waals surface area contributed by atoms with Crippen LogP contribution in [0.15, 0.2) is 69.6 Å². The SMILES string of the molecule is N#C/C(=N/Nc1ccc(Br)cc1)c1nc(-c2ccccc2)cs1. The van der Waals surface area contributed by atoms with Crippen LogP contribution in [0, 0.1) is 11.3 Å². The largest absolute Gasteiger partial charge is 0.277 e. The minimum Gasteiger partial charge on any atom is -0.277 e. The highest BCUT2D eigenvalue weighted by Crippen LogP contribution is 2.22. The minimum atomic E-state index is 0.264. The van der Waals surface area contributed by atoms with Gasteiger partial charge in [0.15, 0.2) is 10.7 Å². The number of aromatic nitrogens is 1. The van der Waals surface area contributed by atoms with Gasteiger partial charge < -0.3 is 0 Å². The predicted molar refractivity (Wildman–Crippen MR) is 97.5 cm³/mol. The van der Waals surface area contributed by atoms with E-state index in [1.54, 1.807) is 0 Å². The maximum atomic E-state index is 9.32. The number of nitrogens with one attached hydrogen (secondary N) is 1. The molecule has 0 saturated carbocycles. The van der Waals surface area contributed by atoms with Gasteiger partial charge in [-0.1, -0.05) is 46.3 Å². The number of hydrogen-bond donors (Lipinski definition) is 1. The molecular formula is C17H11BrN4S. The van der Waals surface area contributed by atoms with Crippen molar-refractivity contribution in [1.82, 2.24) is 4.98 Å². The van der Waals surface area contributed by atoms with Gasteiger partial charge in [0.1, 0.15) is 6.07 Å². The third-order valence-electron chi connectivity index (χ3n) is 3.02. The molecule has 0 spiro atoms. The number of rotatable bonds is 4. The van der Waals surface area contributed by atoms with E-state index >= 15 is 0 Å². The summed E-state index contributed by atoms with van der Waals surface area (Å²) >= 11 is 4.78. The normalized spacial score (nSPS) is 11.0. The molecule has 112 valence electrons. The average molecular weight is 383 g/mol. The molecular weight excluding hydrogens is 372 g/mol. The van der Waals surface area contributed by atoms with Gasteiger partial charge in [-0.2, -0.15) is 10.4 Å². The summed E-state index contributed by atoms with van der Waals surface area (Å²) in [4.78, 5) is 4.50. The molecule has 0 aliphatic carbocycles. The quantitative estimate of drug-likeness (QED) is 0.514. The van der Waals surface area contributed by atoms with Crippen molar-refractivity contribution in [2.75, 3.05) is 5.43 Å². The van der Waals surface area contributed by atoms with Crippen LogP contribution in [0.2, 0.25) is 0 Å². The first kappa shape index (κ1) is 15.4. The number of hydrogen-bond acceptors (Lipinski definition) is 5. The lowest BCUT2D eigenvalue weighted by atomic mass is 10.2. The predicted octanol–water partition coefficient (Wildman–Crippen LogP) is 4.91. The molecule has 2 aromatic carbocycles. The van der Waals surface area contributed by atoms with Gasteiger partial charge in [0.2, 0.25) is 0 Å². The Bertz CT molecular complexity index is 864. The van der Waals surface area contributed by atoms with Crippen molar-refractivity contribution in [3.63, 3.8) is 0 Å². The number of nitrogens with zero attached hydrogens (tertiary/aromatic N) is 3. The van der Waals surface area contributed by atoms with Crippen molar-refractivity contribution >= 4 is 38.7 Å². The average Bonchev–Trinajstić information content (AvgIpc) is 3.08. The van der Waals surface area contributed by atoms with Crippen LogP contribution < -0.4 is 5.43 Å². The lowest BCUT2D eigenvalue weighted by molar-refractivity contribution is 1.31. The summed E-state index contributed by atoms with van der Waals surface area (Å²) in [6.07, 6.45) is 0. The molecule has 0 fully saturated rings. The van der Waals surface area contributed by atoms with Gasteiger partial charge >= 0.3 is 0 Å². The van der Waals surface area contributed by atoms with Gasteiger partial charge in [0, 0.05) is 15.4 Å². The second kappa shape index (κ2) is 7.18.